The third-order valence-corrected chi connectivity index (χ3v) is 2.29. The van der Waals surface area contributed by atoms with Crippen molar-refractivity contribution in [2.45, 2.75) is 26.6 Å². The molecule has 0 N–H and O–H groups in total. The van der Waals surface area contributed by atoms with Crippen molar-refractivity contribution in [1.29, 1.82) is 0 Å². The average molecular weight is 218 g/mol. The number of hydrogen-bond donors (Lipinski definition) is 0. The molecule has 2 rings (SSSR count). The molecule has 1 aromatic carbocycles. The van der Waals surface area contributed by atoms with Crippen LogP contribution in [0, 0.1) is 6.92 Å². The molecule has 0 bridgehead atoms. The Balaban J connectivity index is 2.34. The maximum Gasteiger partial charge on any atom is 0.337 e. The van der Waals surface area contributed by atoms with Gasteiger partial charge < -0.3 is 9.47 Å². The Bertz CT molecular complexity index is 441. The molecule has 84 valence electrons. The lowest BCUT2D eigenvalue weighted by atomic mass is 10.1. The zero-order valence-corrected chi connectivity index (χ0v) is 9.61. The van der Waals surface area contributed by atoms with Gasteiger partial charge in [0.2, 0.25) is 5.79 Å². The Morgan fingerprint density at radius 3 is 2.25 bits per heavy atom. The minimum Gasteiger partial charge on any atom is -0.452 e. The highest BCUT2D eigenvalue weighted by Crippen LogP contribution is 2.28. The highest BCUT2D eigenvalue weighted by Gasteiger charge is 2.30. The first-order valence-electron chi connectivity index (χ1n) is 5.17. The van der Waals surface area contributed by atoms with Crippen LogP contribution in [-0.2, 0) is 14.3 Å². The maximum atomic E-state index is 11.4. The number of ether oxygens (including phenoxy) is 2. The number of esters is 1. The Hall–Kier alpha value is -1.77. The number of hydrogen-bond acceptors (Lipinski definition) is 3. The highest BCUT2D eigenvalue weighted by molar-refractivity contribution is 5.91. The van der Waals surface area contributed by atoms with Gasteiger partial charge in [0.05, 0.1) is 6.08 Å². The third-order valence-electron chi connectivity index (χ3n) is 2.29. The summed E-state index contributed by atoms with van der Waals surface area (Å²) in [6.07, 6.45) is 1.37. The highest BCUT2D eigenvalue weighted by atomic mass is 16.7. The van der Waals surface area contributed by atoms with E-state index in [9.17, 15) is 4.79 Å². The van der Waals surface area contributed by atoms with Crippen molar-refractivity contribution in [3.8, 4) is 0 Å². The predicted octanol–water partition coefficient (Wildman–Crippen LogP) is 2.65. The number of aryl methyl sites for hydroxylation is 1. The normalized spacial score (nSPS) is 18.4. The Morgan fingerprint density at radius 2 is 1.69 bits per heavy atom. The van der Waals surface area contributed by atoms with Crippen molar-refractivity contribution in [2.24, 2.45) is 0 Å². The van der Waals surface area contributed by atoms with Gasteiger partial charge in [0.1, 0.15) is 5.76 Å². The quantitative estimate of drug-likeness (QED) is 0.680. The smallest absolute Gasteiger partial charge is 0.337 e. The maximum absolute atomic E-state index is 11.4. The number of carbonyl (C=O) groups excluding carboxylic acids is 1. The second kappa shape index (κ2) is 3.67. The summed E-state index contributed by atoms with van der Waals surface area (Å²) in [7, 11) is 0. The van der Waals surface area contributed by atoms with Gasteiger partial charge in [-0.05, 0) is 6.92 Å². The van der Waals surface area contributed by atoms with Gasteiger partial charge in [-0.25, -0.2) is 4.79 Å². The molecule has 0 radical (unpaired) electrons. The molecule has 0 aromatic heterocycles. The molecule has 1 aromatic rings. The summed E-state index contributed by atoms with van der Waals surface area (Å²) >= 11 is 0. The van der Waals surface area contributed by atoms with Gasteiger partial charge >= 0.3 is 5.97 Å². The van der Waals surface area contributed by atoms with Crippen molar-refractivity contribution in [1.82, 2.24) is 0 Å². The second-order valence-corrected chi connectivity index (χ2v) is 4.30. The van der Waals surface area contributed by atoms with E-state index in [1.54, 1.807) is 13.8 Å². The van der Waals surface area contributed by atoms with Crippen molar-refractivity contribution in [2.75, 3.05) is 0 Å². The summed E-state index contributed by atoms with van der Waals surface area (Å²) in [6.45, 7) is 5.44. The van der Waals surface area contributed by atoms with Crippen LogP contribution in [0.3, 0.4) is 0 Å². The summed E-state index contributed by atoms with van der Waals surface area (Å²) in [5.74, 6) is -0.709. The van der Waals surface area contributed by atoms with Gasteiger partial charge in [0, 0.05) is 19.4 Å². The summed E-state index contributed by atoms with van der Waals surface area (Å²) in [6, 6.07) is 7.81. The van der Waals surface area contributed by atoms with E-state index < -0.39 is 5.79 Å². The van der Waals surface area contributed by atoms with Crippen LogP contribution in [-0.4, -0.2) is 11.8 Å². The zero-order chi connectivity index (χ0) is 11.8. The fourth-order valence-corrected chi connectivity index (χ4v) is 1.55. The van der Waals surface area contributed by atoms with E-state index in [1.807, 2.05) is 31.2 Å². The predicted molar refractivity (Wildman–Crippen MR) is 60.4 cm³/mol. The second-order valence-electron chi connectivity index (χ2n) is 4.30. The summed E-state index contributed by atoms with van der Waals surface area (Å²) in [4.78, 5) is 11.4. The van der Waals surface area contributed by atoms with Gasteiger partial charge in [-0.3, -0.25) is 0 Å². The molecule has 1 aliphatic rings. The Labute approximate surface area is 94.7 Å². The number of cyclic esters (lactones) is 1. The van der Waals surface area contributed by atoms with E-state index in [-0.39, 0.29) is 5.97 Å². The largest absolute Gasteiger partial charge is 0.452 e. The van der Waals surface area contributed by atoms with E-state index in [2.05, 4.69) is 0 Å². The van der Waals surface area contributed by atoms with E-state index >= 15 is 0 Å². The SMILES string of the molecule is Cc1ccc(C2=CC(=O)OC(C)(C)O2)cc1. The van der Waals surface area contributed by atoms with Gasteiger partial charge in [-0.15, -0.1) is 0 Å². The molecule has 0 saturated carbocycles. The molecule has 0 spiro atoms. The van der Waals surface area contributed by atoms with Crippen LogP contribution >= 0.6 is 0 Å². The third kappa shape index (κ3) is 2.24. The van der Waals surface area contributed by atoms with Gasteiger partial charge in [-0.2, -0.15) is 0 Å². The molecule has 0 unspecified atom stereocenters. The lowest BCUT2D eigenvalue weighted by Crippen LogP contribution is -2.33. The Kier molecular flexibility index (Phi) is 2.46. The van der Waals surface area contributed by atoms with Crippen LogP contribution in [0.2, 0.25) is 0 Å². The van der Waals surface area contributed by atoms with Gasteiger partial charge in [0.15, 0.2) is 0 Å². The lowest BCUT2D eigenvalue weighted by Gasteiger charge is -2.30. The van der Waals surface area contributed by atoms with E-state index in [0.717, 1.165) is 5.56 Å². The fraction of sp³-hybridized carbons (Fsp3) is 0.308. The Morgan fingerprint density at radius 1 is 1.06 bits per heavy atom. The zero-order valence-electron chi connectivity index (χ0n) is 9.61. The molecule has 16 heavy (non-hydrogen) atoms. The molecular weight excluding hydrogens is 204 g/mol. The number of carbonyl (C=O) groups is 1. The molecule has 1 heterocycles. The van der Waals surface area contributed by atoms with Crippen LogP contribution in [0.4, 0.5) is 0 Å². The monoisotopic (exact) mass is 218 g/mol. The minimum absolute atomic E-state index is 0.369. The van der Waals surface area contributed by atoms with Crippen LogP contribution in [0.5, 0.6) is 0 Å². The molecule has 0 atom stereocenters. The first kappa shape index (κ1) is 10.7. The van der Waals surface area contributed by atoms with E-state index in [1.165, 1.54) is 11.6 Å². The molecule has 3 nitrogen and oxygen atoms in total. The van der Waals surface area contributed by atoms with Crippen molar-refractivity contribution in [3.05, 3.63) is 41.5 Å². The summed E-state index contributed by atoms with van der Waals surface area (Å²) in [5.41, 5.74) is 2.05. The van der Waals surface area contributed by atoms with Crippen molar-refractivity contribution < 1.29 is 14.3 Å². The van der Waals surface area contributed by atoms with Crippen molar-refractivity contribution >= 4 is 11.7 Å². The number of rotatable bonds is 1. The van der Waals surface area contributed by atoms with E-state index in [0.29, 0.717) is 5.76 Å². The number of benzene rings is 1. The van der Waals surface area contributed by atoms with Crippen LogP contribution in [0.25, 0.3) is 5.76 Å². The molecule has 1 aliphatic heterocycles. The van der Waals surface area contributed by atoms with Crippen LogP contribution in [0.1, 0.15) is 25.0 Å². The fourth-order valence-electron chi connectivity index (χ4n) is 1.55. The van der Waals surface area contributed by atoms with Crippen LogP contribution < -0.4 is 0 Å². The lowest BCUT2D eigenvalue weighted by molar-refractivity contribution is -0.193. The topological polar surface area (TPSA) is 35.5 Å². The summed E-state index contributed by atoms with van der Waals surface area (Å²) in [5, 5.41) is 0. The van der Waals surface area contributed by atoms with E-state index in [4.69, 9.17) is 9.47 Å². The van der Waals surface area contributed by atoms with Gasteiger partial charge in [0.25, 0.3) is 0 Å². The molecule has 0 fully saturated rings. The molecular formula is C13H14O3. The first-order valence-corrected chi connectivity index (χ1v) is 5.17. The average Bonchev–Trinajstić information content (AvgIpc) is 2.15. The van der Waals surface area contributed by atoms with Crippen LogP contribution in [0.15, 0.2) is 30.3 Å². The minimum atomic E-state index is -0.897. The molecule has 0 amide bonds. The van der Waals surface area contributed by atoms with Gasteiger partial charge in [-0.1, -0.05) is 29.8 Å². The van der Waals surface area contributed by atoms with Crippen molar-refractivity contribution in [3.63, 3.8) is 0 Å². The standard InChI is InChI=1S/C13H14O3/c1-9-4-6-10(7-5-9)11-8-12(14)16-13(2,3)15-11/h4-8H,1-3H3. The molecule has 3 heteroatoms. The first-order chi connectivity index (χ1) is 7.46. The molecule has 0 aliphatic carbocycles. The molecule has 0 saturated heterocycles. The summed E-state index contributed by atoms with van der Waals surface area (Å²) < 4.78 is 10.6.